The Kier molecular flexibility index (Phi) is 6.76. The summed E-state index contributed by atoms with van der Waals surface area (Å²) < 4.78 is 11.1. The first-order valence-corrected chi connectivity index (χ1v) is 7.99. The molecule has 116 valence electrons. The number of hydrogen-bond acceptors (Lipinski definition) is 4. The Hall–Kier alpha value is -0.650. The summed E-state index contributed by atoms with van der Waals surface area (Å²) in [7, 11) is 0. The number of carbonyl (C=O) groups is 1. The molecule has 0 aromatic heterocycles. The second-order valence-electron chi connectivity index (χ2n) is 5.68. The maximum absolute atomic E-state index is 12.3. The maximum Gasteiger partial charge on any atom is 0.223 e. The normalized spacial score (nSPS) is 24.9. The van der Waals surface area contributed by atoms with Gasteiger partial charge in [-0.25, -0.2) is 0 Å². The fourth-order valence-corrected chi connectivity index (χ4v) is 2.82. The zero-order valence-electron chi connectivity index (χ0n) is 12.7. The molecule has 0 aliphatic carbocycles. The summed E-state index contributed by atoms with van der Waals surface area (Å²) >= 11 is 0. The van der Waals surface area contributed by atoms with Gasteiger partial charge in [0.25, 0.3) is 0 Å². The Morgan fingerprint density at radius 3 is 2.85 bits per heavy atom. The topological polar surface area (TPSA) is 42.0 Å². The first-order valence-electron chi connectivity index (χ1n) is 7.99. The summed E-state index contributed by atoms with van der Waals surface area (Å²) in [4.78, 5) is 16.6. The summed E-state index contributed by atoms with van der Waals surface area (Å²) in [6, 6.07) is 0. The van der Waals surface area contributed by atoms with E-state index in [9.17, 15) is 4.79 Å². The van der Waals surface area contributed by atoms with Crippen molar-refractivity contribution in [1.82, 2.24) is 9.80 Å². The number of likely N-dealkylation sites (tertiary alicyclic amines) is 1. The minimum atomic E-state index is 0.246. The van der Waals surface area contributed by atoms with Gasteiger partial charge in [-0.05, 0) is 19.3 Å². The van der Waals surface area contributed by atoms with Gasteiger partial charge in [-0.2, -0.15) is 0 Å². The van der Waals surface area contributed by atoms with Crippen LogP contribution in [0.3, 0.4) is 0 Å². The Bertz CT molecular complexity index is 293. The summed E-state index contributed by atoms with van der Waals surface area (Å²) in [5.74, 6) is 0.279. The Morgan fingerprint density at radius 1 is 1.30 bits per heavy atom. The number of morpholine rings is 1. The number of carbonyl (C=O) groups excluding carboxylic acids is 1. The molecular formula is C15H28N2O3. The van der Waals surface area contributed by atoms with E-state index in [1.54, 1.807) is 0 Å². The van der Waals surface area contributed by atoms with Gasteiger partial charge in [-0.15, -0.1) is 0 Å². The van der Waals surface area contributed by atoms with Crippen LogP contribution in [0.15, 0.2) is 0 Å². The molecule has 0 N–H and O–H groups in total. The van der Waals surface area contributed by atoms with Crippen LogP contribution in [0.25, 0.3) is 0 Å². The minimum absolute atomic E-state index is 0.246. The lowest BCUT2D eigenvalue weighted by Gasteiger charge is -2.33. The lowest BCUT2D eigenvalue weighted by atomic mass is 10.1. The van der Waals surface area contributed by atoms with E-state index < -0.39 is 0 Å². The fourth-order valence-electron chi connectivity index (χ4n) is 2.82. The third-order valence-corrected chi connectivity index (χ3v) is 4.03. The number of hydrogen-bond donors (Lipinski definition) is 0. The van der Waals surface area contributed by atoms with Gasteiger partial charge in [0, 0.05) is 45.8 Å². The number of ether oxygens (including phenoxy) is 2. The van der Waals surface area contributed by atoms with Crippen molar-refractivity contribution in [3.05, 3.63) is 0 Å². The van der Waals surface area contributed by atoms with Crippen molar-refractivity contribution >= 4 is 5.91 Å². The van der Waals surface area contributed by atoms with Crippen molar-refractivity contribution in [1.29, 1.82) is 0 Å². The summed E-state index contributed by atoms with van der Waals surface area (Å²) in [5.41, 5.74) is 0. The van der Waals surface area contributed by atoms with Crippen molar-refractivity contribution in [3.63, 3.8) is 0 Å². The average Bonchev–Trinajstić information content (AvgIpc) is 2.52. The number of rotatable bonds is 6. The molecule has 0 spiro atoms. The van der Waals surface area contributed by atoms with E-state index in [4.69, 9.17) is 9.47 Å². The van der Waals surface area contributed by atoms with Crippen molar-refractivity contribution in [2.75, 3.05) is 52.5 Å². The SMILES string of the molecule is CCCOC1CCCN(C(=O)CCN2CCOCC2)C1. The molecule has 0 bridgehead atoms. The molecule has 2 saturated heterocycles. The molecule has 2 aliphatic rings. The highest BCUT2D eigenvalue weighted by atomic mass is 16.5. The van der Waals surface area contributed by atoms with Crippen LogP contribution >= 0.6 is 0 Å². The molecule has 5 nitrogen and oxygen atoms in total. The van der Waals surface area contributed by atoms with Gasteiger partial charge in [0.15, 0.2) is 0 Å². The zero-order chi connectivity index (χ0) is 14.2. The monoisotopic (exact) mass is 284 g/mol. The third kappa shape index (κ3) is 5.04. The van der Waals surface area contributed by atoms with Crippen LogP contribution in [0.4, 0.5) is 0 Å². The van der Waals surface area contributed by atoms with Crippen LogP contribution in [0.1, 0.15) is 32.6 Å². The van der Waals surface area contributed by atoms with Gasteiger partial charge in [0.05, 0.1) is 19.3 Å². The van der Waals surface area contributed by atoms with Gasteiger partial charge < -0.3 is 14.4 Å². The molecule has 1 atom stereocenters. The molecule has 1 unspecified atom stereocenters. The quantitative estimate of drug-likeness (QED) is 0.733. The molecular weight excluding hydrogens is 256 g/mol. The Balaban J connectivity index is 1.68. The highest BCUT2D eigenvalue weighted by Gasteiger charge is 2.24. The molecule has 0 radical (unpaired) electrons. The molecule has 2 heterocycles. The van der Waals surface area contributed by atoms with Crippen LogP contribution in [-0.4, -0.2) is 74.4 Å². The van der Waals surface area contributed by atoms with Gasteiger partial charge in [0.2, 0.25) is 5.91 Å². The molecule has 1 amide bonds. The van der Waals surface area contributed by atoms with Crippen molar-refractivity contribution in [2.45, 2.75) is 38.7 Å². The maximum atomic E-state index is 12.3. The van der Waals surface area contributed by atoms with Crippen molar-refractivity contribution < 1.29 is 14.3 Å². The van der Waals surface area contributed by atoms with Crippen molar-refractivity contribution in [2.24, 2.45) is 0 Å². The van der Waals surface area contributed by atoms with E-state index >= 15 is 0 Å². The van der Waals surface area contributed by atoms with Gasteiger partial charge in [0.1, 0.15) is 0 Å². The van der Waals surface area contributed by atoms with E-state index in [2.05, 4.69) is 11.8 Å². The molecule has 0 aromatic rings. The lowest BCUT2D eigenvalue weighted by Crippen LogP contribution is -2.45. The first-order chi connectivity index (χ1) is 9.79. The lowest BCUT2D eigenvalue weighted by molar-refractivity contribution is -0.135. The van der Waals surface area contributed by atoms with Gasteiger partial charge in [-0.3, -0.25) is 9.69 Å². The van der Waals surface area contributed by atoms with E-state index in [1.807, 2.05) is 4.90 Å². The van der Waals surface area contributed by atoms with Crippen LogP contribution in [0.5, 0.6) is 0 Å². The number of piperidine rings is 1. The van der Waals surface area contributed by atoms with E-state index in [-0.39, 0.29) is 12.0 Å². The predicted octanol–water partition coefficient (Wildman–Crippen LogP) is 1.13. The second-order valence-corrected chi connectivity index (χ2v) is 5.68. The molecule has 5 heteroatoms. The van der Waals surface area contributed by atoms with Crippen LogP contribution in [0.2, 0.25) is 0 Å². The summed E-state index contributed by atoms with van der Waals surface area (Å²) in [6.45, 7) is 8.96. The molecule has 0 saturated carbocycles. The third-order valence-electron chi connectivity index (χ3n) is 4.03. The van der Waals surface area contributed by atoms with E-state index in [0.29, 0.717) is 6.42 Å². The Morgan fingerprint density at radius 2 is 2.10 bits per heavy atom. The highest BCUT2D eigenvalue weighted by molar-refractivity contribution is 5.76. The molecule has 2 aliphatic heterocycles. The van der Waals surface area contributed by atoms with E-state index in [1.165, 1.54) is 0 Å². The summed E-state index contributed by atoms with van der Waals surface area (Å²) in [5, 5.41) is 0. The molecule has 20 heavy (non-hydrogen) atoms. The van der Waals surface area contributed by atoms with Crippen LogP contribution in [-0.2, 0) is 14.3 Å². The molecule has 2 rings (SSSR count). The standard InChI is InChI=1S/C15H28N2O3/c1-2-10-20-14-4-3-6-17(13-14)15(18)5-7-16-8-11-19-12-9-16/h14H,2-13H2,1H3. The smallest absolute Gasteiger partial charge is 0.223 e. The molecule has 0 aromatic carbocycles. The predicted molar refractivity (Wildman–Crippen MR) is 77.7 cm³/mol. The zero-order valence-corrected chi connectivity index (χ0v) is 12.7. The number of nitrogens with zero attached hydrogens (tertiary/aromatic N) is 2. The van der Waals surface area contributed by atoms with Crippen LogP contribution in [0, 0.1) is 0 Å². The first kappa shape index (κ1) is 15.7. The van der Waals surface area contributed by atoms with Crippen molar-refractivity contribution in [3.8, 4) is 0 Å². The fraction of sp³-hybridized carbons (Fsp3) is 0.933. The highest BCUT2D eigenvalue weighted by Crippen LogP contribution is 2.14. The second kappa shape index (κ2) is 8.60. The van der Waals surface area contributed by atoms with E-state index in [0.717, 1.165) is 71.8 Å². The summed E-state index contributed by atoms with van der Waals surface area (Å²) in [6.07, 6.45) is 4.07. The average molecular weight is 284 g/mol. The largest absolute Gasteiger partial charge is 0.379 e. The molecule has 2 fully saturated rings. The Labute approximate surface area is 122 Å². The minimum Gasteiger partial charge on any atom is -0.379 e. The van der Waals surface area contributed by atoms with Crippen LogP contribution < -0.4 is 0 Å². The van der Waals surface area contributed by atoms with Gasteiger partial charge in [-0.1, -0.05) is 6.92 Å². The van der Waals surface area contributed by atoms with Gasteiger partial charge >= 0.3 is 0 Å². The number of amides is 1.